The number of carbonyl (C=O) groups is 3. The van der Waals surface area contributed by atoms with Crippen LogP contribution < -0.4 is 31.0 Å². The molecule has 2 fully saturated rings. The second kappa shape index (κ2) is 21.9. The van der Waals surface area contributed by atoms with Gasteiger partial charge in [0.1, 0.15) is 11.5 Å². The van der Waals surface area contributed by atoms with Crippen molar-refractivity contribution in [3.63, 3.8) is 0 Å². The van der Waals surface area contributed by atoms with Crippen LogP contribution in [0.4, 0.5) is 4.39 Å². The van der Waals surface area contributed by atoms with Gasteiger partial charge in [0, 0.05) is 54.3 Å². The maximum Gasteiger partial charge on any atom is 0.347 e. The average Bonchev–Trinajstić information content (AvgIpc) is 3.35. The van der Waals surface area contributed by atoms with Crippen LogP contribution in [0.1, 0.15) is 70.0 Å². The summed E-state index contributed by atoms with van der Waals surface area (Å²) >= 11 is 0. The molecule has 1 aliphatic heterocycles. The molecule has 6 aromatic rings. The molecule has 7 N–H and O–H groups in total. The van der Waals surface area contributed by atoms with Crippen LogP contribution in [0.25, 0.3) is 10.9 Å². The Hall–Kier alpha value is -7.11. The van der Waals surface area contributed by atoms with Gasteiger partial charge in [0.15, 0.2) is 18.2 Å². The third kappa shape index (κ3) is 11.4. The highest BCUT2D eigenvalue weighted by atomic mass is 19.1. The third-order valence-corrected chi connectivity index (χ3v) is 12.9. The molecule has 8 rings (SSSR count). The molecule has 2 heterocycles. The molecule has 15 nitrogen and oxygen atoms in total. The molecule has 0 spiro atoms. The highest BCUT2D eigenvalue weighted by Gasteiger charge is 2.42. The van der Waals surface area contributed by atoms with E-state index in [1.54, 1.807) is 60.7 Å². The van der Waals surface area contributed by atoms with Crippen molar-refractivity contribution in [2.45, 2.75) is 62.6 Å². The van der Waals surface area contributed by atoms with Crippen LogP contribution >= 0.6 is 0 Å². The van der Waals surface area contributed by atoms with Crippen LogP contribution in [0.15, 0.2) is 126 Å². The molecule has 2 atom stereocenters. The van der Waals surface area contributed by atoms with Gasteiger partial charge in [0.25, 0.3) is 11.8 Å². The van der Waals surface area contributed by atoms with E-state index >= 15 is 4.39 Å². The molecule has 0 bridgehead atoms. The second-order valence-corrected chi connectivity index (χ2v) is 17.7. The van der Waals surface area contributed by atoms with Gasteiger partial charge < -0.3 is 50.5 Å². The van der Waals surface area contributed by atoms with Crippen molar-refractivity contribution < 1.29 is 48.3 Å². The number of fused-ring (bicyclic) bond motifs is 1. The molecular weight excluding hydrogens is 886 g/mol. The first-order valence-electron chi connectivity index (χ1n) is 23.0. The number of hydrogen-bond donors (Lipinski definition) is 7. The molecule has 1 aromatic heterocycles. The van der Waals surface area contributed by atoms with E-state index in [0.717, 1.165) is 32.5 Å². The summed E-state index contributed by atoms with van der Waals surface area (Å²) in [5.41, 5.74) is 0.143. The molecule has 360 valence electrons. The number of aromatic hydroxyl groups is 1. The maximum atomic E-state index is 15.7. The number of H-pyrrole nitrogens is 1. The minimum absolute atomic E-state index is 0.0402. The number of ether oxygens (including phenoxy) is 3. The largest absolute Gasteiger partial charge is 0.506 e. The first-order chi connectivity index (χ1) is 33.4. The Morgan fingerprint density at radius 1 is 0.870 bits per heavy atom. The lowest BCUT2D eigenvalue weighted by Crippen LogP contribution is -2.54. The Morgan fingerprint density at radius 2 is 1.58 bits per heavy atom. The van der Waals surface area contributed by atoms with Gasteiger partial charge in [-0.25, -0.2) is 9.18 Å². The summed E-state index contributed by atoms with van der Waals surface area (Å²) in [7, 11) is 1.29. The molecule has 1 saturated heterocycles. The quantitative estimate of drug-likeness (QED) is 0.0513. The smallest absolute Gasteiger partial charge is 0.347 e. The van der Waals surface area contributed by atoms with Gasteiger partial charge in [0.05, 0.1) is 30.9 Å². The standard InChI is InChI=1S/C53H56FN5O10/c1-67-50-35(28-55-29-45(61)41-17-19-44(60)49-42(41)18-20-46(62)58-49)15-16-43(48(50)54)51(64)57-39-26-38(27-39)56-47(63)32-68-40-14-8-13-37(25-40)53(66,36-11-6-3-7-12-36)52(65)69-31-34-21-23-59(24-22-34)30-33-9-4-2-5-10-33/h2-20,25,34,38-39,45,55,60-61,66H,21-24,26-32H2,1H3,(H,56,63)(H,57,64)(H,58,62)/t38-,39-,45-,53-/m0/s1. The number of phenolic OH excluding ortho intramolecular Hbond substituents is 1. The number of benzene rings is 5. The molecule has 16 heteroatoms. The number of rotatable bonds is 19. The van der Waals surface area contributed by atoms with Crippen molar-refractivity contribution in [3.8, 4) is 17.2 Å². The van der Waals surface area contributed by atoms with Crippen LogP contribution in [0.5, 0.6) is 17.2 Å². The molecular formula is C53H56FN5O10. The molecule has 69 heavy (non-hydrogen) atoms. The number of aliphatic hydroxyl groups is 2. The number of hydrogen-bond acceptors (Lipinski definition) is 12. The number of pyridine rings is 1. The first kappa shape index (κ1) is 48.4. The van der Waals surface area contributed by atoms with E-state index in [2.05, 4.69) is 38.0 Å². The Kier molecular flexibility index (Phi) is 15.3. The Morgan fingerprint density at radius 3 is 2.32 bits per heavy atom. The van der Waals surface area contributed by atoms with E-state index in [0.29, 0.717) is 34.9 Å². The summed E-state index contributed by atoms with van der Waals surface area (Å²) in [4.78, 5) is 56.8. The highest BCUT2D eigenvalue weighted by molar-refractivity contribution is 5.95. The van der Waals surface area contributed by atoms with Gasteiger partial charge in [0.2, 0.25) is 11.2 Å². The van der Waals surface area contributed by atoms with Crippen LogP contribution in [0.3, 0.4) is 0 Å². The zero-order chi connectivity index (χ0) is 48.5. The van der Waals surface area contributed by atoms with Crippen molar-refractivity contribution in [3.05, 3.63) is 171 Å². The number of aliphatic hydroxyl groups excluding tert-OH is 1. The van der Waals surface area contributed by atoms with E-state index in [9.17, 15) is 34.5 Å². The van der Waals surface area contributed by atoms with E-state index < -0.39 is 40.9 Å². The number of piperidine rings is 1. The number of halogens is 1. The van der Waals surface area contributed by atoms with Crippen LogP contribution in [0.2, 0.25) is 0 Å². The predicted molar refractivity (Wildman–Crippen MR) is 255 cm³/mol. The number of likely N-dealkylation sites (tertiary alicyclic amines) is 1. The fourth-order valence-electron chi connectivity index (χ4n) is 9.01. The molecule has 0 radical (unpaired) electrons. The Balaban J connectivity index is 0.793. The monoisotopic (exact) mass is 941 g/mol. The number of amides is 2. The number of phenols is 1. The summed E-state index contributed by atoms with van der Waals surface area (Å²) in [6, 6.07) is 33.3. The van der Waals surface area contributed by atoms with E-state index in [1.165, 1.54) is 43.0 Å². The zero-order valence-electron chi connectivity index (χ0n) is 38.2. The summed E-state index contributed by atoms with van der Waals surface area (Å²) in [5.74, 6) is -2.55. The molecule has 5 aromatic carbocycles. The van der Waals surface area contributed by atoms with Crippen molar-refractivity contribution in [1.82, 2.24) is 25.8 Å². The van der Waals surface area contributed by atoms with Gasteiger partial charge in [-0.1, -0.05) is 84.9 Å². The number of aromatic nitrogens is 1. The summed E-state index contributed by atoms with van der Waals surface area (Å²) in [6.45, 7) is 2.58. The van der Waals surface area contributed by atoms with Gasteiger partial charge in [-0.3, -0.25) is 19.3 Å². The second-order valence-electron chi connectivity index (χ2n) is 17.7. The lowest BCUT2D eigenvalue weighted by atomic mass is 9.86. The van der Waals surface area contributed by atoms with Crippen molar-refractivity contribution in [2.75, 3.05) is 40.0 Å². The molecule has 1 aliphatic carbocycles. The molecule has 0 unspecified atom stereocenters. The normalized spacial score (nSPS) is 17.5. The number of methoxy groups -OCH3 is 1. The van der Waals surface area contributed by atoms with Gasteiger partial charge >= 0.3 is 5.97 Å². The summed E-state index contributed by atoms with van der Waals surface area (Å²) in [5, 5.41) is 42.5. The van der Waals surface area contributed by atoms with Gasteiger partial charge in [-0.05, 0) is 91.7 Å². The van der Waals surface area contributed by atoms with Gasteiger partial charge in [-0.15, -0.1) is 0 Å². The number of carbonyl (C=O) groups excluding carboxylic acids is 3. The summed E-state index contributed by atoms with van der Waals surface area (Å²) < 4.78 is 32.7. The number of nitrogens with zero attached hydrogens (tertiary/aromatic N) is 1. The van der Waals surface area contributed by atoms with E-state index in [1.807, 2.05) is 18.2 Å². The zero-order valence-corrected chi connectivity index (χ0v) is 38.2. The maximum absolute atomic E-state index is 15.7. The lowest BCUT2D eigenvalue weighted by molar-refractivity contribution is -0.164. The van der Waals surface area contributed by atoms with Crippen molar-refractivity contribution in [2.24, 2.45) is 5.92 Å². The fraction of sp³-hybridized carbons (Fsp3) is 0.321. The number of esters is 1. The number of aromatic amines is 1. The van der Waals surface area contributed by atoms with Crippen LogP contribution in [0, 0.1) is 11.7 Å². The molecule has 1 saturated carbocycles. The van der Waals surface area contributed by atoms with Crippen LogP contribution in [-0.4, -0.2) is 95.0 Å². The first-order valence-corrected chi connectivity index (χ1v) is 23.0. The highest BCUT2D eigenvalue weighted by Crippen LogP contribution is 2.35. The fourth-order valence-corrected chi connectivity index (χ4v) is 9.01. The minimum Gasteiger partial charge on any atom is -0.506 e. The van der Waals surface area contributed by atoms with Crippen molar-refractivity contribution in [1.29, 1.82) is 0 Å². The lowest BCUT2D eigenvalue weighted by Gasteiger charge is -2.36. The number of nitrogens with one attached hydrogen (secondary N) is 4. The minimum atomic E-state index is -2.14. The van der Waals surface area contributed by atoms with E-state index in [4.69, 9.17) is 14.2 Å². The SMILES string of the molecule is COc1c(CNC[C@H](O)c2ccc(O)c3[nH]c(=O)ccc23)ccc(C(=O)N[C@H]2C[C@H](NC(=O)COc3cccc([C@](O)(C(=O)OCC4CCN(Cc5ccccc5)CC4)c4ccccc4)c3)C2)c1F. The predicted octanol–water partition coefficient (Wildman–Crippen LogP) is 5.35. The topological polar surface area (TPSA) is 212 Å². The van der Waals surface area contributed by atoms with Crippen LogP contribution in [-0.2, 0) is 33.0 Å². The Labute approximate surface area is 398 Å². The van der Waals surface area contributed by atoms with Crippen molar-refractivity contribution >= 4 is 28.7 Å². The van der Waals surface area contributed by atoms with E-state index in [-0.39, 0.29) is 78.2 Å². The third-order valence-electron chi connectivity index (χ3n) is 12.9. The Bertz CT molecular complexity index is 2820. The average molecular weight is 942 g/mol. The summed E-state index contributed by atoms with van der Waals surface area (Å²) in [6.07, 6.45) is 1.49. The molecule has 2 aliphatic rings. The van der Waals surface area contributed by atoms with Gasteiger partial charge in [-0.2, -0.15) is 0 Å². The molecule has 2 amide bonds.